The van der Waals surface area contributed by atoms with Crippen LogP contribution >= 0.6 is 34.8 Å². The molecule has 2 aromatic carbocycles. The molecule has 0 fully saturated rings. The Hall–Kier alpha value is -2.80. The van der Waals surface area contributed by atoms with Crippen LogP contribution in [0.4, 0.5) is 4.39 Å². The van der Waals surface area contributed by atoms with Crippen molar-refractivity contribution in [3.8, 4) is 5.75 Å². The molecule has 0 aliphatic carbocycles. The highest BCUT2D eigenvalue weighted by atomic mass is 35.5. The van der Waals surface area contributed by atoms with Crippen molar-refractivity contribution in [3.63, 3.8) is 0 Å². The summed E-state index contributed by atoms with van der Waals surface area (Å²) >= 11 is 18.1. The molecule has 0 unspecified atom stereocenters. The second kappa shape index (κ2) is 8.62. The molecule has 0 saturated heterocycles. The van der Waals surface area contributed by atoms with Gasteiger partial charge in [0.2, 0.25) is 0 Å². The van der Waals surface area contributed by atoms with Gasteiger partial charge in [-0.05, 0) is 48.2 Å². The van der Waals surface area contributed by atoms with E-state index in [0.29, 0.717) is 50.6 Å². The summed E-state index contributed by atoms with van der Waals surface area (Å²) in [6.45, 7) is 0.159. The molecule has 0 bridgehead atoms. The van der Waals surface area contributed by atoms with Gasteiger partial charge in [0, 0.05) is 23.8 Å². The number of pyridine rings is 1. The second-order valence-corrected chi connectivity index (χ2v) is 8.62. The van der Waals surface area contributed by atoms with Gasteiger partial charge >= 0.3 is 0 Å². The zero-order chi connectivity index (χ0) is 22.2. The number of ether oxygens (including phenoxy) is 1. The van der Waals surface area contributed by atoms with Crippen molar-refractivity contribution in [3.05, 3.63) is 86.6 Å². The van der Waals surface area contributed by atoms with Gasteiger partial charge < -0.3 is 14.7 Å². The summed E-state index contributed by atoms with van der Waals surface area (Å²) in [5.41, 5.74) is 3.86. The predicted molar refractivity (Wildman–Crippen MR) is 125 cm³/mol. The van der Waals surface area contributed by atoms with E-state index >= 15 is 0 Å². The van der Waals surface area contributed by atoms with Crippen molar-refractivity contribution in [2.75, 3.05) is 0 Å². The zero-order valence-electron chi connectivity index (χ0n) is 16.6. The van der Waals surface area contributed by atoms with Crippen LogP contribution in [0.1, 0.15) is 17.0 Å². The zero-order valence-corrected chi connectivity index (χ0v) is 18.8. The first-order valence-corrected chi connectivity index (χ1v) is 11.0. The van der Waals surface area contributed by atoms with Crippen LogP contribution in [0.3, 0.4) is 0 Å². The van der Waals surface area contributed by atoms with Gasteiger partial charge in [0.1, 0.15) is 29.6 Å². The topological polar surface area (TPSA) is 66.6 Å². The number of aromatic nitrogens is 4. The highest BCUT2D eigenvalue weighted by Gasteiger charge is 2.11. The maximum atomic E-state index is 14.7. The third-order valence-corrected chi connectivity index (χ3v) is 6.15. The Morgan fingerprint density at radius 1 is 0.969 bits per heavy atom. The standard InChI is InChI=1S/C23H16Cl3FN4O/c24-14-5-16-13(9-28-23(16)29-10-14)2-1-12-3-4-15(6-19(12)27)32-11-22-30-20-7-17(25)18(26)8-21(20)31-22/h3-10H,1-2,11H2,(H,28,29)(H,30,31). The molecule has 2 N–H and O–H groups in total. The van der Waals surface area contributed by atoms with E-state index in [-0.39, 0.29) is 12.4 Å². The summed E-state index contributed by atoms with van der Waals surface area (Å²) in [5, 5.41) is 2.40. The van der Waals surface area contributed by atoms with Crippen LogP contribution in [0.2, 0.25) is 15.1 Å². The highest BCUT2D eigenvalue weighted by Crippen LogP contribution is 2.27. The van der Waals surface area contributed by atoms with Crippen LogP contribution in [0.25, 0.3) is 22.1 Å². The number of benzene rings is 2. The van der Waals surface area contributed by atoms with E-state index in [2.05, 4.69) is 19.9 Å². The van der Waals surface area contributed by atoms with Crippen LogP contribution in [-0.4, -0.2) is 19.9 Å². The lowest BCUT2D eigenvalue weighted by Gasteiger charge is -2.08. The Morgan fingerprint density at radius 2 is 1.78 bits per heavy atom. The van der Waals surface area contributed by atoms with E-state index in [0.717, 1.165) is 22.1 Å². The van der Waals surface area contributed by atoms with Crippen LogP contribution < -0.4 is 4.74 Å². The smallest absolute Gasteiger partial charge is 0.146 e. The molecular formula is C23H16Cl3FN4O. The molecule has 0 radical (unpaired) electrons. The minimum Gasteiger partial charge on any atom is -0.486 e. The molecule has 0 atom stereocenters. The second-order valence-electron chi connectivity index (χ2n) is 7.37. The average Bonchev–Trinajstić information content (AvgIpc) is 3.35. The molecule has 0 amide bonds. The molecule has 9 heteroatoms. The largest absolute Gasteiger partial charge is 0.486 e. The van der Waals surface area contributed by atoms with Gasteiger partial charge in [0.05, 0.1) is 26.1 Å². The summed E-state index contributed by atoms with van der Waals surface area (Å²) in [5.74, 6) is 0.696. The molecule has 0 aliphatic rings. The predicted octanol–water partition coefficient (Wildman–Crippen LogP) is 6.90. The molecule has 5 rings (SSSR count). The number of halogens is 4. The van der Waals surface area contributed by atoms with E-state index in [1.807, 2.05) is 12.3 Å². The van der Waals surface area contributed by atoms with E-state index in [9.17, 15) is 4.39 Å². The minimum absolute atomic E-state index is 0.159. The fourth-order valence-corrected chi connectivity index (χ4v) is 4.09. The van der Waals surface area contributed by atoms with Crippen LogP contribution in [-0.2, 0) is 19.4 Å². The fourth-order valence-electron chi connectivity index (χ4n) is 3.61. The van der Waals surface area contributed by atoms with Crippen molar-refractivity contribution in [2.45, 2.75) is 19.4 Å². The monoisotopic (exact) mass is 488 g/mol. The van der Waals surface area contributed by atoms with Crippen LogP contribution in [0, 0.1) is 5.82 Å². The summed E-state index contributed by atoms with van der Waals surface area (Å²) in [4.78, 5) is 14.9. The van der Waals surface area contributed by atoms with Gasteiger partial charge in [0.25, 0.3) is 0 Å². The average molecular weight is 490 g/mol. The number of aryl methyl sites for hydroxylation is 2. The van der Waals surface area contributed by atoms with Crippen molar-refractivity contribution in [2.24, 2.45) is 0 Å². The Morgan fingerprint density at radius 3 is 2.62 bits per heavy atom. The van der Waals surface area contributed by atoms with Gasteiger partial charge in [-0.2, -0.15) is 0 Å². The number of aromatic amines is 2. The maximum absolute atomic E-state index is 14.7. The number of hydrogen-bond acceptors (Lipinski definition) is 3. The van der Waals surface area contributed by atoms with Gasteiger partial charge in [0.15, 0.2) is 0 Å². The van der Waals surface area contributed by atoms with E-state index in [4.69, 9.17) is 39.5 Å². The molecule has 5 aromatic rings. The van der Waals surface area contributed by atoms with Gasteiger partial charge in [-0.3, -0.25) is 0 Å². The first-order valence-electron chi connectivity index (χ1n) is 9.82. The van der Waals surface area contributed by atoms with Gasteiger partial charge in [-0.1, -0.05) is 40.9 Å². The third kappa shape index (κ3) is 4.26. The summed E-state index contributed by atoms with van der Waals surface area (Å²) in [6.07, 6.45) is 4.68. The van der Waals surface area contributed by atoms with Crippen molar-refractivity contribution < 1.29 is 9.13 Å². The summed E-state index contributed by atoms with van der Waals surface area (Å²) in [7, 11) is 0. The molecule has 32 heavy (non-hydrogen) atoms. The van der Waals surface area contributed by atoms with Crippen molar-refractivity contribution in [1.82, 2.24) is 19.9 Å². The summed E-state index contributed by atoms with van der Waals surface area (Å²) in [6, 6.07) is 10.1. The molecular weight excluding hydrogens is 474 g/mol. The Bertz CT molecular complexity index is 1410. The SMILES string of the molecule is Fc1cc(OCc2nc3cc(Cl)c(Cl)cc3[nH]2)ccc1CCc1c[nH]c2ncc(Cl)cc12. The Balaban J connectivity index is 1.25. The minimum atomic E-state index is -0.318. The van der Waals surface area contributed by atoms with Crippen molar-refractivity contribution >= 4 is 56.9 Å². The van der Waals surface area contributed by atoms with E-state index < -0.39 is 0 Å². The highest BCUT2D eigenvalue weighted by molar-refractivity contribution is 6.42. The molecule has 5 nitrogen and oxygen atoms in total. The first-order chi connectivity index (χ1) is 15.5. The Kier molecular flexibility index (Phi) is 5.67. The lowest BCUT2D eigenvalue weighted by Crippen LogP contribution is -2.00. The number of nitrogens with one attached hydrogen (secondary N) is 2. The van der Waals surface area contributed by atoms with Crippen LogP contribution in [0.15, 0.2) is 48.8 Å². The fraction of sp³-hybridized carbons (Fsp3) is 0.130. The van der Waals surface area contributed by atoms with Crippen LogP contribution in [0.5, 0.6) is 5.75 Å². The quantitative estimate of drug-likeness (QED) is 0.272. The molecule has 0 aliphatic heterocycles. The first kappa shape index (κ1) is 21.1. The van der Waals surface area contributed by atoms with E-state index in [1.165, 1.54) is 6.07 Å². The van der Waals surface area contributed by atoms with Gasteiger partial charge in [-0.25, -0.2) is 14.4 Å². The Labute approximate surface area is 197 Å². The number of rotatable bonds is 6. The normalized spacial score (nSPS) is 11.5. The third-order valence-electron chi connectivity index (χ3n) is 5.22. The molecule has 0 saturated carbocycles. The van der Waals surface area contributed by atoms with Crippen molar-refractivity contribution in [1.29, 1.82) is 0 Å². The van der Waals surface area contributed by atoms with Gasteiger partial charge in [-0.15, -0.1) is 0 Å². The molecule has 3 aromatic heterocycles. The number of nitrogens with zero attached hydrogens (tertiary/aromatic N) is 2. The number of hydrogen-bond donors (Lipinski definition) is 2. The molecule has 3 heterocycles. The lowest BCUT2D eigenvalue weighted by atomic mass is 10.0. The number of imidazole rings is 1. The molecule has 0 spiro atoms. The maximum Gasteiger partial charge on any atom is 0.146 e. The number of H-pyrrole nitrogens is 2. The van der Waals surface area contributed by atoms with E-state index in [1.54, 1.807) is 30.5 Å². The summed E-state index contributed by atoms with van der Waals surface area (Å²) < 4.78 is 20.4. The lowest BCUT2D eigenvalue weighted by molar-refractivity contribution is 0.296. The number of fused-ring (bicyclic) bond motifs is 2. The molecule has 162 valence electrons.